The van der Waals surface area contributed by atoms with Gasteiger partial charge in [0.25, 0.3) is 0 Å². The second-order valence-electron chi connectivity index (χ2n) is 6.24. The topological polar surface area (TPSA) is 55.8 Å². The van der Waals surface area contributed by atoms with Crippen molar-refractivity contribution in [3.05, 3.63) is 12.2 Å². The molecule has 0 amide bonds. The van der Waals surface area contributed by atoms with Crippen LogP contribution in [0.1, 0.15) is 97.8 Å². The Hall–Kier alpha value is -1.36. The minimum Gasteiger partial charge on any atom is -0.333 e. The summed E-state index contributed by atoms with van der Waals surface area (Å²) in [4.78, 5) is 32.6. The number of nitrogens with zero attached hydrogens (tertiary/aromatic N) is 1. The molecule has 5 nitrogen and oxygen atoms in total. The van der Waals surface area contributed by atoms with Gasteiger partial charge in [-0.25, -0.2) is 0 Å². The van der Waals surface area contributed by atoms with Crippen LogP contribution >= 0.6 is 0 Å². The molecule has 0 bridgehead atoms. The number of hydrogen-bond donors (Lipinski definition) is 0. The Morgan fingerprint density at radius 1 is 0.720 bits per heavy atom. The van der Waals surface area contributed by atoms with Gasteiger partial charge in [-0.1, -0.05) is 84.3 Å². The monoisotopic (exact) mass is 355 g/mol. The molecule has 0 fully saturated rings. The fourth-order valence-corrected chi connectivity index (χ4v) is 2.30. The smallest absolute Gasteiger partial charge is 0.328 e. The molecule has 0 aromatic carbocycles. The van der Waals surface area contributed by atoms with Gasteiger partial charge in [-0.3, -0.25) is 9.59 Å². The van der Waals surface area contributed by atoms with Crippen molar-refractivity contribution in [3.63, 3.8) is 0 Å². The van der Waals surface area contributed by atoms with Gasteiger partial charge in [-0.15, -0.1) is 0 Å². The molecule has 5 heteroatoms. The summed E-state index contributed by atoms with van der Waals surface area (Å²) in [6.45, 7) is 5.90. The summed E-state index contributed by atoms with van der Waals surface area (Å²) in [5.41, 5.74) is 0. The first-order chi connectivity index (χ1) is 12.1. The molecule has 0 saturated carbocycles. The normalized spacial score (nSPS) is 11.2. The molecule has 0 N–H and O–H groups in total. The summed E-state index contributed by atoms with van der Waals surface area (Å²) < 4.78 is 0. The molecule has 0 atom stereocenters. The highest BCUT2D eigenvalue weighted by Crippen LogP contribution is 2.10. The fraction of sp³-hybridized carbons (Fsp3) is 0.800. The van der Waals surface area contributed by atoms with Crippen LogP contribution in [0.25, 0.3) is 0 Å². The number of allylic oxidation sites excluding steroid dienone is 1. The molecule has 146 valence electrons. The summed E-state index contributed by atoms with van der Waals surface area (Å²) in [6, 6.07) is 0. The predicted octanol–water partition coefficient (Wildman–Crippen LogP) is 5.50. The molecule has 25 heavy (non-hydrogen) atoms. The number of rotatable bonds is 16. The highest BCUT2D eigenvalue weighted by atomic mass is 17.0. The van der Waals surface area contributed by atoms with E-state index in [1.165, 1.54) is 51.4 Å². The van der Waals surface area contributed by atoms with Gasteiger partial charge in [-0.2, -0.15) is 0 Å². The fourth-order valence-electron chi connectivity index (χ4n) is 2.30. The lowest BCUT2D eigenvalue weighted by atomic mass is 10.1. The number of carbonyl (C=O) groups excluding carboxylic acids is 2. The van der Waals surface area contributed by atoms with Crippen LogP contribution in [0.15, 0.2) is 12.2 Å². The molecule has 0 aromatic rings. The largest absolute Gasteiger partial charge is 0.333 e. The lowest BCUT2D eigenvalue weighted by Gasteiger charge is -2.17. The molecular weight excluding hydrogens is 318 g/mol. The van der Waals surface area contributed by atoms with Crippen molar-refractivity contribution < 1.29 is 19.3 Å². The van der Waals surface area contributed by atoms with Crippen molar-refractivity contribution in [1.29, 1.82) is 0 Å². The highest BCUT2D eigenvalue weighted by Gasteiger charge is 2.13. The SMILES string of the molecule is CCCCCCCCCCCC=CCN(OC(=O)CC)OC(=O)CC. The minimum absolute atomic E-state index is 0.238. The molecular formula is C20H37NO4. The third kappa shape index (κ3) is 15.9. The summed E-state index contributed by atoms with van der Waals surface area (Å²) in [6.07, 6.45) is 17.2. The van der Waals surface area contributed by atoms with Crippen LogP contribution in [-0.2, 0) is 19.3 Å². The van der Waals surface area contributed by atoms with Crippen molar-refractivity contribution in [3.8, 4) is 0 Å². The lowest BCUT2D eigenvalue weighted by molar-refractivity contribution is -0.319. The van der Waals surface area contributed by atoms with Crippen LogP contribution in [0.3, 0.4) is 0 Å². The summed E-state index contributed by atoms with van der Waals surface area (Å²) in [5, 5.41) is 0.963. The van der Waals surface area contributed by atoms with Crippen LogP contribution in [0.5, 0.6) is 0 Å². The molecule has 0 aliphatic rings. The summed E-state index contributed by atoms with van der Waals surface area (Å²) >= 11 is 0. The molecule has 0 saturated heterocycles. The van der Waals surface area contributed by atoms with E-state index in [0.717, 1.165) is 18.1 Å². The quantitative estimate of drug-likeness (QED) is 0.208. The summed E-state index contributed by atoms with van der Waals surface area (Å²) in [7, 11) is 0. The average Bonchev–Trinajstić information content (AvgIpc) is 2.62. The third-order valence-corrected chi connectivity index (χ3v) is 3.88. The Kier molecular flexibility index (Phi) is 16.5. The van der Waals surface area contributed by atoms with E-state index in [2.05, 4.69) is 6.92 Å². The predicted molar refractivity (Wildman–Crippen MR) is 100 cm³/mol. The molecule has 0 aliphatic carbocycles. The Morgan fingerprint density at radius 2 is 1.20 bits per heavy atom. The molecule has 0 aliphatic heterocycles. The zero-order chi connectivity index (χ0) is 18.8. The molecule has 0 unspecified atom stereocenters. The summed E-state index contributed by atoms with van der Waals surface area (Å²) in [5.74, 6) is -0.840. The van der Waals surface area contributed by atoms with Crippen LogP contribution < -0.4 is 0 Å². The zero-order valence-electron chi connectivity index (χ0n) is 16.4. The lowest BCUT2D eigenvalue weighted by Crippen LogP contribution is -2.30. The standard InChI is InChI=1S/C20H37NO4/c1-4-7-8-9-10-11-12-13-14-15-16-17-18-21(24-19(22)5-2)25-20(23)6-3/h16-17H,4-15,18H2,1-3H3. The van der Waals surface area contributed by atoms with E-state index < -0.39 is 11.9 Å². The van der Waals surface area contributed by atoms with Gasteiger partial charge in [0.2, 0.25) is 0 Å². The van der Waals surface area contributed by atoms with Crippen LogP contribution in [0, 0.1) is 0 Å². The Morgan fingerprint density at radius 3 is 1.68 bits per heavy atom. The maximum Gasteiger partial charge on any atom is 0.328 e. The Labute approximate surface area is 153 Å². The second-order valence-corrected chi connectivity index (χ2v) is 6.24. The minimum atomic E-state index is -0.420. The number of hydroxylamine groups is 2. The van der Waals surface area contributed by atoms with E-state index in [0.29, 0.717) is 0 Å². The van der Waals surface area contributed by atoms with Gasteiger partial charge in [0.1, 0.15) is 0 Å². The Bertz CT molecular complexity index is 351. The maximum atomic E-state index is 11.3. The average molecular weight is 356 g/mol. The maximum absolute atomic E-state index is 11.3. The molecule has 0 heterocycles. The van der Waals surface area contributed by atoms with Crippen molar-refractivity contribution >= 4 is 11.9 Å². The molecule has 0 radical (unpaired) electrons. The van der Waals surface area contributed by atoms with E-state index >= 15 is 0 Å². The molecule has 0 rings (SSSR count). The Balaban J connectivity index is 3.75. The van der Waals surface area contributed by atoms with E-state index in [-0.39, 0.29) is 19.4 Å². The highest BCUT2D eigenvalue weighted by molar-refractivity contribution is 5.70. The molecule has 0 aromatic heterocycles. The van der Waals surface area contributed by atoms with Crippen molar-refractivity contribution in [2.45, 2.75) is 97.8 Å². The second kappa shape index (κ2) is 17.5. The van der Waals surface area contributed by atoms with Crippen molar-refractivity contribution in [2.75, 3.05) is 6.54 Å². The van der Waals surface area contributed by atoms with E-state index in [1.807, 2.05) is 12.2 Å². The number of hydrogen-bond acceptors (Lipinski definition) is 5. The van der Waals surface area contributed by atoms with E-state index in [1.54, 1.807) is 13.8 Å². The first-order valence-corrected chi connectivity index (χ1v) is 9.98. The molecule has 0 spiro atoms. The van der Waals surface area contributed by atoms with Crippen LogP contribution in [-0.4, -0.2) is 23.7 Å². The van der Waals surface area contributed by atoms with Crippen molar-refractivity contribution in [2.24, 2.45) is 0 Å². The van der Waals surface area contributed by atoms with Crippen molar-refractivity contribution in [1.82, 2.24) is 5.23 Å². The van der Waals surface area contributed by atoms with Gasteiger partial charge in [0.15, 0.2) is 0 Å². The number of unbranched alkanes of at least 4 members (excludes halogenated alkanes) is 9. The van der Waals surface area contributed by atoms with Gasteiger partial charge < -0.3 is 9.68 Å². The van der Waals surface area contributed by atoms with E-state index in [4.69, 9.17) is 9.68 Å². The van der Waals surface area contributed by atoms with Gasteiger partial charge in [-0.05, 0) is 12.8 Å². The zero-order valence-corrected chi connectivity index (χ0v) is 16.4. The van der Waals surface area contributed by atoms with Gasteiger partial charge >= 0.3 is 11.9 Å². The van der Waals surface area contributed by atoms with Gasteiger partial charge in [0, 0.05) is 18.1 Å². The first kappa shape index (κ1) is 23.6. The third-order valence-electron chi connectivity index (χ3n) is 3.88. The van der Waals surface area contributed by atoms with Crippen LogP contribution in [0.2, 0.25) is 0 Å². The van der Waals surface area contributed by atoms with Crippen LogP contribution in [0.4, 0.5) is 0 Å². The van der Waals surface area contributed by atoms with E-state index in [9.17, 15) is 9.59 Å². The van der Waals surface area contributed by atoms with Gasteiger partial charge in [0.05, 0.1) is 6.54 Å². The first-order valence-electron chi connectivity index (χ1n) is 9.98. The number of carbonyl (C=O) groups is 2.